The van der Waals surface area contributed by atoms with Crippen LogP contribution in [0.15, 0.2) is 60.7 Å². The zero-order valence-corrected chi connectivity index (χ0v) is 13.7. The Morgan fingerprint density at radius 2 is 1.32 bits per heavy atom. The third-order valence-electron chi connectivity index (χ3n) is 5.13. The van der Waals surface area contributed by atoms with E-state index in [4.69, 9.17) is 11.5 Å². The molecule has 1 aliphatic rings. The molecule has 0 saturated heterocycles. The van der Waals surface area contributed by atoms with Gasteiger partial charge in [-0.05, 0) is 46.9 Å². The Hall–Kier alpha value is -3.14. The Balaban J connectivity index is 2.04. The quantitative estimate of drug-likeness (QED) is 0.770. The van der Waals surface area contributed by atoms with Crippen LogP contribution in [0.3, 0.4) is 0 Å². The molecule has 4 heteroatoms. The van der Waals surface area contributed by atoms with E-state index in [-0.39, 0.29) is 0 Å². The fourth-order valence-corrected chi connectivity index (χ4v) is 3.90. The van der Waals surface area contributed by atoms with Gasteiger partial charge in [-0.15, -0.1) is 0 Å². The fourth-order valence-electron chi connectivity index (χ4n) is 3.90. The maximum absolute atomic E-state index is 12.0. The van der Waals surface area contributed by atoms with Gasteiger partial charge in [-0.1, -0.05) is 48.5 Å². The van der Waals surface area contributed by atoms with E-state index in [2.05, 4.69) is 24.3 Å². The van der Waals surface area contributed by atoms with Crippen molar-refractivity contribution in [2.45, 2.75) is 18.3 Å². The molecule has 0 atom stereocenters. The van der Waals surface area contributed by atoms with Gasteiger partial charge in [0.05, 0.1) is 0 Å². The highest BCUT2D eigenvalue weighted by molar-refractivity contribution is 6.03. The smallest absolute Gasteiger partial charge is 0.249 e. The molecule has 4 N–H and O–H groups in total. The third-order valence-corrected chi connectivity index (χ3v) is 5.13. The molecule has 4 rings (SSSR count). The molecule has 3 aromatic rings. The molecular formula is C21H18N2O2. The van der Waals surface area contributed by atoms with E-state index in [1.165, 1.54) is 0 Å². The lowest BCUT2D eigenvalue weighted by Crippen LogP contribution is -2.25. The minimum Gasteiger partial charge on any atom is -0.366 e. The predicted molar refractivity (Wildman–Crippen MR) is 97.4 cm³/mol. The van der Waals surface area contributed by atoms with Crippen molar-refractivity contribution in [3.63, 3.8) is 0 Å². The lowest BCUT2D eigenvalue weighted by Gasteiger charge is -2.23. The second kappa shape index (κ2) is 5.45. The van der Waals surface area contributed by atoms with Crippen molar-refractivity contribution in [1.82, 2.24) is 0 Å². The van der Waals surface area contributed by atoms with E-state index < -0.39 is 17.2 Å². The minimum absolute atomic E-state index is 0.377. The van der Waals surface area contributed by atoms with Crippen molar-refractivity contribution in [3.05, 3.63) is 82.9 Å². The molecule has 0 aliphatic heterocycles. The molecule has 0 bridgehead atoms. The standard InChI is InChI=1S/C21H18N2O2/c22-19(24)15-8-4-9-16(20(23)25)18(15)21(11-12-21)17-10-3-6-13-5-1-2-7-14(13)17/h1-10H,11-12H2,(H2,22,24)(H2,23,25). The maximum Gasteiger partial charge on any atom is 0.249 e. The molecule has 0 aromatic heterocycles. The van der Waals surface area contributed by atoms with Gasteiger partial charge < -0.3 is 11.5 Å². The molecule has 1 fully saturated rings. The number of amides is 2. The number of carbonyl (C=O) groups is 2. The molecule has 0 radical (unpaired) electrons. The summed E-state index contributed by atoms with van der Waals surface area (Å²) in [5, 5.41) is 2.25. The largest absolute Gasteiger partial charge is 0.366 e. The zero-order chi connectivity index (χ0) is 17.6. The zero-order valence-electron chi connectivity index (χ0n) is 13.7. The lowest BCUT2D eigenvalue weighted by molar-refractivity contribution is 0.0999. The molecular weight excluding hydrogens is 312 g/mol. The minimum atomic E-state index is -0.537. The summed E-state index contributed by atoms with van der Waals surface area (Å²) < 4.78 is 0. The van der Waals surface area contributed by atoms with Crippen LogP contribution in [-0.2, 0) is 5.41 Å². The van der Waals surface area contributed by atoms with Crippen molar-refractivity contribution < 1.29 is 9.59 Å². The lowest BCUT2D eigenvalue weighted by atomic mass is 9.79. The van der Waals surface area contributed by atoms with E-state index in [1.807, 2.05) is 18.2 Å². The SMILES string of the molecule is NC(=O)c1cccc(C(N)=O)c1C1(c2cccc3ccccc23)CC1. The van der Waals surface area contributed by atoms with Crippen molar-refractivity contribution in [2.24, 2.45) is 11.5 Å². The molecule has 1 aliphatic carbocycles. The number of hydrogen-bond donors (Lipinski definition) is 2. The van der Waals surface area contributed by atoms with Gasteiger partial charge >= 0.3 is 0 Å². The Morgan fingerprint density at radius 1 is 0.760 bits per heavy atom. The van der Waals surface area contributed by atoms with Crippen LogP contribution < -0.4 is 11.5 Å². The van der Waals surface area contributed by atoms with Gasteiger partial charge in [0.15, 0.2) is 0 Å². The first-order chi connectivity index (χ1) is 12.0. The molecule has 0 spiro atoms. The summed E-state index contributed by atoms with van der Waals surface area (Å²) in [6.07, 6.45) is 1.71. The average Bonchev–Trinajstić information content (AvgIpc) is 3.42. The monoisotopic (exact) mass is 330 g/mol. The first kappa shape index (κ1) is 15.4. The Bertz CT molecular complexity index is 982. The van der Waals surface area contributed by atoms with E-state index in [1.54, 1.807) is 18.2 Å². The van der Waals surface area contributed by atoms with Crippen LogP contribution in [0.5, 0.6) is 0 Å². The first-order valence-corrected chi connectivity index (χ1v) is 8.26. The summed E-state index contributed by atoms with van der Waals surface area (Å²) in [4.78, 5) is 24.1. The van der Waals surface area contributed by atoms with Crippen molar-refractivity contribution in [2.75, 3.05) is 0 Å². The van der Waals surface area contributed by atoms with Crippen molar-refractivity contribution in [1.29, 1.82) is 0 Å². The average molecular weight is 330 g/mol. The van der Waals surface area contributed by atoms with Gasteiger partial charge in [-0.3, -0.25) is 9.59 Å². The van der Waals surface area contributed by atoms with Gasteiger partial charge in [0.2, 0.25) is 11.8 Å². The summed E-state index contributed by atoms with van der Waals surface area (Å²) in [5.41, 5.74) is 13.4. The van der Waals surface area contributed by atoms with Crippen LogP contribution in [0, 0.1) is 0 Å². The number of carbonyl (C=O) groups excluding carboxylic acids is 2. The van der Waals surface area contributed by atoms with E-state index in [9.17, 15) is 9.59 Å². The number of benzene rings is 3. The summed E-state index contributed by atoms with van der Waals surface area (Å²) in [7, 11) is 0. The molecule has 0 unspecified atom stereocenters. The van der Waals surface area contributed by atoms with E-state index in [0.29, 0.717) is 16.7 Å². The highest BCUT2D eigenvalue weighted by atomic mass is 16.1. The predicted octanol–water partition coefficient (Wildman–Crippen LogP) is 3.12. The van der Waals surface area contributed by atoms with Crippen LogP contribution in [0.4, 0.5) is 0 Å². The molecule has 0 heterocycles. The number of fused-ring (bicyclic) bond motifs is 1. The topological polar surface area (TPSA) is 86.2 Å². The van der Waals surface area contributed by atoms with Gasteiger partial charge in [0.1, 0.15) is 0 Å². The van der Waals surface area contributed by atoms with Crippen LogP contribution in [0.2, 0.25) is 0 Å². The second-order valence-corrected chi connectivity index (χ2v) is 6.57. The number of primary amides is 2. The van der Waals surface area contributed by atoms with Crippen LogP contribution in [-0.4, -0.2) is 11.8 Å². The van der Waals surface area contributed by atoms with Gasteiger partial charge in [-0.2, -0.15) is 0 Å². The molecule has 3 aromatic carbocycles. The Kier molecular flexibility index (Phi) is 3.35. The first-order valence-electron chi connectivity index (χ1n) is 8.26. The number of hydrogen-bond acceptors (Lipinski definition) is 2. The van der Waals surface area contributed by atoms with Crippen LogP contribution >= 0.6 is 0 Å². The molecule has 124 valence electrons. The van der Waals surface area contributed by atoms with E-state index in [0.717, 1.165) is 29.2 Å². The highest BCUT2D eigenvalue weighted by Crippen LogP contribution is 2.56. The van der Waals surface area contributed by atoms with Crippen molar-refractivity contribution in [3.8, 4) is 0 Å². The van der Waals surface area contributed by atoms with Crippen molar-refractivity contribution >= 4 is 22.6 Å². The maximum atomic E-state index is 12.0. The Labute approximate surface area is 145 Å². The summed E-state index contributed by atoms with van der Waals surface area (Å²) in [6.45, 7) is 0. The second-order valence-electron chi connectivity index (χ2n) is 6.57. The van der Waals surface area contributed by atoms with Gasteiger partial charge in [0, 0.05) is 16.5 Å². The number of nitrogens with two attached hydrogens (primary N) is 2. The molecule has 4 nitrogen and oxygen atoms in total. The highest BCUT2D eigenvalue weighted by Gasteiger charge is 2.50. The molecule has 1 saturated carbocycles. The fraction of sp³-hybridized carbons (Fsp3) is 0.143. The van der Waals surface area contributed by atoms with E-state index >= 15 is 0 Å². The van der Waals surface area contributed by atoms with Gasteiger partial charge in [0.25, 0.3) is 0 Å². The summed E-state index contributed by atoms with van der Waals surface area (Å²) in [5.74, 6) is -1.07. The van der Waals surface area contributed by atoms with Crippen LogP contribution in [0.1, 0.15) is 44.7 Å². The molecule has 2 amide bonds. The van der Waals surface area contributed by atoms with Crippen LogP contribution in [0.25, 0.3) is 10.8 Å². The third kappa shape index (κ3) is 2.30. The summed E-state index contributed by atoms with van der Waals surface area (Å²) in [6, 6.07) is 19.3. The van der Waals surface area contributed by atoms with Gasteiger partial charge in [-0.25, -0.2) is 0 Å². The molecule has 25 heavy (non-hydrogen) atoms. The summed E-state index contributed by atoms with van der Waals surface area (Å²) >= 11 is 0. The Morgan fingerprint density at radius 3 is 1.92 bits per heavy atom. The normalized spacial score (nSPS) is 15.0. The number of rotatable bonds is 4.